The van der Waals surface area contributed by atoms with Gasteiger partial charge in [0.1, 0.15) is 6.54 Å². The molecule has 3 rings (SSSR count). The first-order valence-electron chi connectivity index (χ1n) is 7.07. The van der Waals surface area contributed by atoms with E-state index in [1.54, 1.807) is 0 Å². The smallest absolute Gasteiger partial charge is 0.265 e. The molecule has 108 valence electrons. The molecule has 0 aliphatic heterocycles. The Morgan fingerprint density at radius 1 is 1.30 bits per heavy atom. The molecule has 1 aliphatic rings. The minimum Gasteiger partial charge on any atom is -0.344 e. The molecule has 0 bridgehead atoms. The first kappa shape index (κ1) is 13.1. The van der Waals surface area contributed by atoms with E-state index in [4.69, 9.17) is 4.52 Å². The Kier molecular flexibility index (Phi) is 3.23. The van der Waals surface area contributed by atoms with Crippen molar-refractivity contribution in [2.75, 3.05) is 19.0 Å². The van der Waals surface area contributed by atoms with Gasteiger partial charge in [0.2, 0.25) is 5.89 Å². The summed E-state index contributed by atoms with van der Waals surface area (Å²) in [7, 11) is 3.80. The minimum atomic E-state index is 0.601. The molecule has 2 aromatic rings. The second kappa shape index (κ2) is 4.92. The van der Waals surface area contributed by atoms with E-state index in [1.165, 1.54) is 11.4 Å². The summed E-state index contributed by atoms with van der Waals surface area (Å²) in [4.78, 5) is 10.7. The number of anilines is 1. The van der Waals surface area contributed by atoms with Gasteiger partial charge in [0, 0.05) is 19.8 Å². The highest BCUT2D eigenvalue weighted by atomic mass is 16.5. The highest BCUT2D eigenvalue weighted by Gasteiger charge is 2.26. The summed E-state index contributed by atoms with van der Waals surface area (Å²) in [5.74, 6) is 2.63. The van der Waals surface area contributed by atoms with Crippen molar-refractivity contribution in [2.45, 2.75) is 33.2 Å². The predicted octanol–water partition coefficient (Wildman–Crippen LogP) is 1.75. The fourth-order valence-corrected chi connectivity index (χ4v) is 2.64. The van der Waals surface area contributed by atoms with E-state index in [9.17, 15) is 0 Å². The van der Waals surface area contributed by atoms with Crippen LogP contribution in [0.2, 0.25) is 0 Å². The second-order valence-electron chi connectivity index (χ2n) is 6.01. The lowest BCUT2D eigenvalue weighted by Crippen LogP contribution is -2.22. The van der Waals surface area contributed by atoms with Crippen molar-refractivity contribution in [2.24, 2.45) is 11.8 Å². The van der Waals surface area contributed by atoms with Crippen molar-refractivity contribution in [3.8, 4) is 0 Å². The normalized spacial score (nSPS) is 21.8. The molecule has 6 nitrogen and oxygen atoms in total. The first-order valence-corrected chi connectivity index (χ1v) is 7.07. The van der Waals surface area contributed by atoms with E-state index in [1.807, 2.05) is 25.3 Å². The van der Waals surface area contributed by atoms with Gasteiger partial charge >= 0.3 is 0 Å². The third-order valence-corrected chi connectivity index (χ3v) is 4.20. The molecule has 0 N–H and O–H groups in total. The average Bonchev–Trinajstić information content (AvgIpc) is 3.00. The quantitative estimate of drug-likeness (QED) is 0.854. The van der Waals surface area contributed by atoms with Crippen LogP contribution in [0.5, 0.6) is 0 Å². The Bertz CT molecular complexity index is 600. The standard InChI is InChI=1S/C14H21N5O/c1-9-5-11-12(6-10(9)2)19(8-15-11)7-13-16-14(17-20-13)18(3)4/h8-10H,5-7H2,1-4H3. The summed E-state index contributed by atoms with van der Waals surface area (Å²) in [6.07, 6.45) is 4.04. The minimum absolute atomic E-state index is 0.601. The van der Waals surface area contributed by atoms with Crippen LogP contribution >= 0.6 is 0 Å². The van der Waals surface area contributed by atoms with Crippen molar-refractivity contribution in [3.63, 3.8) is 0 Å². The van der Waals surface area contributed by atoms with Crippen LogP contribution in [0, 0.1) is 11.8 Å². The van der Waals surface area contributed by atoms with Gasteiger partial charge in [0.25, 0.3) is 5.95 Å². The van der Waals surface area contributed by atoms with Crippen LogP contribution in [0.15, 0.2) is 10.9 Å². The van der Waals surface area contributed by atoms with Gasteiger partial charge in [-0.3, -0.25) is 0 Å². The monoisotopic (exact) mass is 275 g/mol. The molecular weight excluding hydrogens is 254 g/mol. The van der Waals surface area contributed by atoms with Crippen molar-refractivity contribution >= 4 is 5.95 Å². The van der Waals surface area contributed by atoms with Gasteiger partial charge in [-0.15, -0.1) is 0 Å². The molecule has 2 heterocycles. The molecule has 2 aromatic heterocycles. The Labute approximate surface area is 118 Å². The van der Waals surface area contributed by atoms with Crippen LogP contribution in [-0.4, -0.2) is 33.8 Å². The van der Waals surface area contributed by atoms with Gasteiger partial charge in [0.15, 0.2) is 0 Å². The lowest BCUT2D eigenvalue weighted by molar-refractivity contribution is 0.341. The fourth-order valence-electron chi connectivity index (χ4n) is 2.64. The molecule has 0 radical (unpaired) electrons. The van der Waals surface area contributed by atoms with Crippen LogP contribution < -0.4 is 4.90 Å². The maximum absolute atomic E-state index is 5.29. The van der Waals surface area contributed by atoms with E-state index in [0.717, 1.165) is 12.8 Å². The van der Waals surface area contributed by atoms with E-state index in [2.05, 4.69) is 33.5 Å². The largest absolute Gasteiger partial charge is 0.344 e. The van der Waals surface area contributed by atoms with E-state index >= 15 is 0 Å². The number of nitrogens with zero attached hydrogens (tertiary/aromatic N) is 5. The van der Waals surface area contributed by atoms with Gasteiger partial charge in [0.05, 0.1) is 12.0 Å². The number of fused-ring (bicyclic) bond motifs is 1. The summed E-state index contributed by atoms with van der Waals surface area (Å²) in [5, 5.41) is 3.94. The maximum Gasteiger partial charge on any atom is 0.265 e. The summed E-state index contributed by atoms with van der Waals surface area (Å²) in [6.45, 7) is 5.21. The number of hydrogen-bond acceptors (Lipinski definition) is 5. The summed E-state index contributed by atoms with van der Waals surface area (Å²) in [6, 6.07) is 0. The Morgan fingerprint density at radius 3 is 2.75 bits per heavy atom. The molecule has 0 fully saturated rings. The molecular formula is C14H21N5O. The van der Waals surface area contributed by atoms with Crippen LogP contribution in [0.25, 0.3) is 0 Å². The Morgan fingerprint density at radius 2 is 2.05 bits per heavy atom. The van der Waals surface area contributed by atoms with Crippen LogP contribution in [0.4, 0.5) is 5.95 Å². The van der Waals surface area contributed by atoms with Gasteiger partial charge in [-0.2, -0.15) is 4.98 Å². The summed E-state index contributed by atoms with van der Waals surface area (Å²) >= 11 is 0. The zero-order valence-electron chi connectivity index (χ0n) is 12.5. The van der Waals surface area contributed by atoms with Gasteiger partial charge in [-0.05, 0) is 29.8 Å². The average molecular weight is 275 g/mol. The molecule has 0 amide bonds. The fraction of sp³-hybridized carbons (Fsp3) is 0.643. The number of aromatic nitrogens is 4. The molecule has 1 aliphatic carbocycles. The molecule has 0 saturated heterocycles. The van der Waals surface area contributed by atoms with Crippen LogP contribution in [0.3, 0.4) is 0 Å². The van der Waals surface area contributed by atoms with E-state index in [-0.39, 0.29) is 0 Å². The van der Waals surface area contributed by atoms with Gasteiger partial charge in [-0.1, -0.05) is 13.8 Å². The third-order valence-electron chi connectivity index (χ3n) is 4.20. The Hall–Kier alpha value is -1.85. The van der Waals surface area contributed by atoms with Crippen molar-refractivity contribution in [3.05, 3.63) is 23.6 Å². The van der Waals surface area contributed by atoms with Gasteiger partial charge in [-0.25, -0.2) is 4.98 Å². The highest BCUT2D eigenvalue weighted by Crippen LogP contribution is 2.29. The summed E-state index contributed by atoms with van der Waals surface area (Å²) < 4.78 is 7.43. The van der Waals surface area contributed by atoms with Crippen molar-refractivity contribution in [1.82, 2.24) is 19.7 Å². The van der Waals surface area contributed by atoms with Gasteiger partial charge < -0.3 is 14.0 Å². The maximum atomic E-state index is 5.29. The van der Waals surface area contributed by atoms with E-state index < -0.39 is 0 Å². The van der Waals surface area contributed by atoms with Crippen molar-refractivity contribution < 1.29 is 4.52 Å². The SMILES string of the molecule is CC1Cc2ncn(Cc3nc(N(C)C)no3)c2CC1C. The molecule has 20 heavy (non-hydrogen) atoms. The second-order valence-corrected chi connectivity index (χ2v) is 6.01. The number of imidazole rings is 1. The van der Waals surface area contributed by atoms with Crippen LogP contribution in [0.1, 0.15) is 31.1 Å². The predicted molar refractivity (Wildman–Crippen MR) is 75.7 cm³/mol. The molecule has 6 heteroatoms. The zero-order valence-corrected chi connectivity index (χ0v) is 12.5. The zero-order chi connectivity index (χ0) is 14.3. The molecule has 0 aromatic carbocycles. The highest BCUT2D eigenvalue weighted by molar-refractivity contribution is 5.24. The third kappa shape index (κ3) is 2.30. The Balaban J connectivity index is 1.81. The lowest BCUT2D eigenvalue weighted by atomic mass is 9.82. The first-order chi connectivity index (χ1) is 9.54. The topological polar surface area (TPSA) is 60.0 Å². The lowest BCUT2D eigenvalue weighted by Gasteiger charge is -2.25. The number of rotatable bonds is 3. The molecule has 2 unspecified atom stereocenters. The van der Waals surface area contributed by atoms with Crippen molar-refractivity contribution in [1.29, 1.82) is 0 Å². The van der Waals surface area contributed by atoms with Crippen LogP contribution in [-0.2, 0) is 19.4 Å². The summed E-state index contributed by atoms with van der Waals surface area (Å²) in [5.41, 5.74) is 2.54. The molecule has 2 atom stereocenters. The van der Waals surface area contributed by atoms with E-state index in [0.29, 0.717) is 30.2 Å². The molecule has 0 saturated carbocycles. The number of hydrogen-bond donors (Lipinski definition) is 0. The molecule has 0 spiro atoms.